The molecule has 0 saturated heterocycles. The Morgan fingerprint density at radius 3 is 2.43 bits per heavy atom. The standard InChI is InChI=1S/C15H23NO4S/c1-4-20-14-10-13(15(14)19-3)16-11-6-8-12(9-7-11)21(17,18)5-2/h6-9,13-16H,4-5,10H2,1-3H3. The lowest BCUT2D eigenvalue weighted by molar-refractivity contribution is -0.118. The molecule has 0 aliphatic heterocycles. The molecule has 0 bridgehead atoms. The lowest BCUT2D eigenvalue weighted by Crippen LogP contribution is -2.56. The Morgan fingerprint density at radius 2 is 1.90 bits per heavy atom. The van der Waals surface area contributed by atoms with Crippen molar-refractivity contribution in [2.45, 2.75) is 43.4 Å². The van der Waals surface area contributed by atoms with Crippen molar-refractivity contribution in [3.63, 3.8) is 0 Å². The summed E-state index contributed by atoms with van der Waals surface area (Å²) in [5, 5.41) is 3.36. The molecule has 0 amide bonds. The summed E-state index contributed by atoms with van der Waals surface area (Å²) in [5.41, 5.74) is 0.895. The van der Waals surface area contributed by atoms with Gasteiger partial charge >= 0.3 is 0 Å². The van der Waals surface area contributed by atoms with Crippen molar-refractivity contribution in [3.05, 3.63) is 24.3 Å². The van der Waals surface area contributed by atoms with Gasteiger partial charge in [0.15, 0.2) is 9.84 Å². The highest BCUT2D eigenvalue weighted by atomic mass is 32.2. The minimum Gasteiger partial charge on any atom is -0.379 e. The molecule has 1 aromatic carbocycles. The highest BCUT2D eigenvalue weighted by Gasteiger charge is 2.42. The maximum Gasteiger partial charge on any atom is 0.178 e. The number of hydrogen-bond donors (Lipinski definition) is 1. The Labute approximate surface area is 126 Å². The van der Waals surface area contributed by atoms with E-state index in [2.05, 4.69) is 5.32 Å². The van der Waals surface area contributed by atoms with Gasteiger partial charge in [-0.1, -0.05) is 6.92 Å². The average molecular weight is 313 g/mol. The summed E-state index contributed by atoms with van der Waals surface area (Å²) in [6.45, 7) is 4.30. The average Bonchev–Trinajstić information content (AvgIpc) is 2.47. The summed E-state index contributed by atoms with van der Waals surface area (Å²) in [5.74, 6) is 0.115. The molecule has 5 nitrogen and oxygen atoms in total. The number of rotatable bonds is 7. The van der Waals surface area contributed by atoms with Gasteiger partial charge in [-0.25, -0.2) is 8.42 Å². The van der Waals surface area contributed by atoms with Gasteiger partial charge in [0.2, 0.25) is 0 Å². The molecule has 1 aliphatic carbocycles. The van der Waals surface area contributed by atoms with Crippen LogP contribution in [-0.4, -0.2) is 46.1 Å². The third-order valence-corrected chi connectivity index (χ3v) is 5.60. The summed E-state index contributed by atoms with van der Waals surface area (Å²) < 4.78 is 34.5. The van der Waals surface area contributed by atoms with E-state index in [0.717, 1.165) is 12.1 Å². The third kappa shape index (κ3) is 3.56. The fraction of sp³-hybridized carbons (Fsp3) is 0.600. The lowest BCUT2D eigenvalue weighted by Gasteiger charge is -2.43. The summed E-state index contributed by atoms with van der Waals surface area (Å²) >= 11 is 0. The Kier molecular flexibility index (Phi) is 5.24. The van der Waals surface area contributed by atoms with Crippen LogP contribution in [0.5, 0.6) is 0 Å². The van der Waals surface area contributed by atoms with Crippen LogP contribution in [0.1, 0.15) is 20.3 Å². The summed E-state index contributed by atoms with van der Waals surface area (Å²) in [4.78, 5) is 0.361. The first-order chi connectivity index (χ1) is 10.0. The SMILES string of the molecule is CCOC1CC(Nc2ccc(S(=O)(=O)CC)cc2)C1OC. The van der Waals surface area contributed by atoms with Crippen LogP contribution in [0, 0.1) is 0 Å². The van der Waals surface area contributed by atoms with Crippen molar-refractivity contribution >= 4 is 15.5 Å². The zero-order valence-electron chi connectivity index (χ0n) is 12.7. The first-order valence-electron chi connectivity index (χ1n) is 7.25. The molecule has 0 spiro atoms. The number of hydrogen-bond acceptors (Lipinski definition) is 5. The quantitative estimate of drug-likeness (QED) is 0.835. The van der Waals surface area contributed by atoms with Crippen molar-refractivity contribution in [1.29, 1.82) is 0 Å². The van der Waals surface area contributed by atoms with E-state index in [0.29, 0.717) is 11.5 Å². The van der Waals surface area contributed by atoms with Crippen LogP contribution in [0.15, 0.2) is 29.2 Å². The number of nitrogens with one attached hydrogen (secondary N) is 1. The van der Waals surface area contributed by atoms with Crippen LogP contribution in [0.25, 0.3) is 0 Å². The lowest BCUT2D eigenvalue weighted by atomic mass is 9.85. The highest BCUT2D eigenvalue weighted by Crippen LogP contribution is 2.30. The van der Waals surface area contributed by atoms with Crippen LogP contribution < -0.4 is 5.32 Å². The highest BCUT2D eigenvalue weighted by molar-refractivity contribution is 7.91. The summed E-state index contributed by atoms with van der Waals surface area (Å²) in [6, 6.07) is 7.07. The minimum absolute atomic E-state index is 0.0315. The van der Waals surface area contributed by atoms with Crippen LogP contribution in [0.2, 0.25) is 0 Å². The molecule has 0 radical (unpaired) electrons. The molecule has 1 aliphatic rings. The van der Waals surface area contributed by atoms with Crippen LogP contribution in [0.4, 0.5) is 5.69 Å². The molecular formula is C15H23NO4S. The van der Waals surface area contributed by atoms with Crippen LogP contribution >= 0.6 is 0 Å². The molecule has 3 unspecified atom stereocenters. The predicted octanol–water partition coefficient (Wildman–Crippen LogP) is 2.08. The van der Waals surface area contributed by atoms with E-state index >= 15 is 0 Å². The molecule has 2 rings (SSSR count). The third-order valence-electron chi connectivity index (χ3n) is 3.85. The molecule has 0 aromatic heterocycles. The Bertz CT molecular complexity index is 556. The van der Waals surface area contributed by atoms with Gasteiger partial charge in [-0.15, -0.1) is 0 Å². The maximum absolute atomic E-state index is 11.8. The zero-order chi connectivity index (χ0) is 15.5. The first kappa shape index (κ1) is 16.3. The molecule has 1 N–H and O–H groups in total. The van der Waals surface area contributed by atoms with Gasteiger partial charge in [0.25, 0.3) is 0 Å². The number of ether oxygens (including phenoxy) is 2. The van der Waals surface area contributed by atoms with Gasteiger partial charge in [0.1, 0.15) is 6.10 Å². The van der Waals surface area contributed by atoms with E-state index in [1.54, 1.807) is 38.3 Å². The fourth-order valence-electron chi connectivity index (χ4n) is 2.56. The summed E-state index contributed by atoms with van der Waals surface area (Å²) in [7, 11) is -1.46. The molecule has 1 fully saturated rings. The van der Waals surface area contributed by atoms with E-state index in [1.165, 1.54) is 0 Å². The van der Waals surface area contributed by atoms with Crippen molar-refractivity contribution in [3.8, 4) is 0 Å². The first-order valence-corrected chi connectivity index (χ1v) is 8.90. The second-order valence-electron chi connectivity index (χ2n) is 5.11. The van der Waals surface area contributed by atoms with Gasteiger partial charge in [-0.3, -0.25) is 0 Å². The normalized spacial score (nSPS) is 25.4. The van der Waals surface area contributed by atoms with Gasteiger partial charge in [-0.05, 0) is 37.6 Å². The summed E-state index contributed by atoms with van der Waals surface area (Å²) in [6.07, 6.45) is 1.06. The largest absolute Gasteiger partial charge is 0.379 e. The second kappa shape index (κ2) is 6.77. The smallest absolute Gasteiger partial charge is 0.178 e. The van der Waals surface area contributed by atoms with Gasteiger partial charge < -0.3 is 14.8 Å². The fourth-order valence-corrected chi connectivity index (χ4v) is 3.44. The Balaban J connectivity index is 1.99. The van der Waals surface area contributed by atoms with Crippen molar-refractivity contribution < 1.29 is 17.9 Å². The Morgan fingerprint density at radius 1 is 1.24 bits per heavy atom. The maximum atomic E-state index is 11.8. The van der Waals surface area contributed by atoms with E-state index in [1.807, 2.05) is 6.92 Å². The molecule has 0 heterocycles. The zero-order valence-corrected chi connectivity index (χ0v) is 13.5. The molecular weight excluding hydrogens is 290 g/mol. The van der Waals surface area contributed by atoms with Gasteiger partial charge in [0, 0.05) is 19.4 Å². The topological polar surface area (TPSA) is 64.6 Å². The number of methoxy groups -OCH3 is 1. The molecule has 6 heteroatoms. The van der Waals surface area contributed by atoms with Gasteiger partial charge in [0.05, 0.1) is 22.8 Å². The van der Waals surface area contributed by atoms with Crippen LogP contribution in [-0.2, 0) is 19.3 Å². The molecule has 3 atom stereocenters. The van der Waals surface area contributed by atoms with E-state index in [9.17, 15) is 8.42 Å². The molecule has 1 saturated carbocycles. The van der Waals surface area contributed by atoms with E-state index in [-0.39, 0.29) is 24.0 Å². The minimum atomic E-state index is -3.14. The Hall–Kier alpha value is -1.11. The number of anilines is 1. The van der Waals surface area contributed by atoms with Gasteiger partial charge in [-0.2, -0.15) is 0 Å². The van der Waals surface area contributed by atoms with Crippen LogP contribution in [0.3, 0.4) is 0 Å². The number of sulfone groups is 1. The molecule has 118 valence electrons. The van der Waals surface area contributed by atoms with Crippen molar-refractivity contribution in [1.82, 2.24) is 0 Å². The van der Waals surface area contributed by atoms with E-state index < -0.39 is 9.84 Å². The monoisotopic (exact) mass is 313 g/mol. The van der Waals surface area contributed by atoms with E-state index in [4.69, 9.17) is 9.47 Å². The predicted molar refractivity (Wildman–Crippen MR) is 82.4 cm³/mol. The molecule has 21 heavy (non-hydrogen) atoms. The van der Waals surface area contributed by atoms with Crippen molar-refractivity contribution in [2.75, 3.05) is 24.8 Å². The second-order valence-corrected chi connectivity index (χ2v) is 7.39. The molecule has 1 aromatic rings. The number of benzene rings is 1. The van der Waals surface area contributed by atoms with Crippen molar-refractivity contribution in [2.24, 2.45) is 0 Å².